The van der Waals surface area contributed by atoms with Crippen molar-refractivity contribution >= 4 is 17.2 Å². The van der Waals surface area contributed by atoms with Crippen molar-refractivity contribution in [1.82, 2.24) is 4.90 Å². The van der Waals surface area contributed by atoms with Crippen LogP contribution in [0.5, 0.6) is 0 Å². The summed E-state index contributed by atoms with van der Waals surface area (Å²) in [4.78, 5) is 3.12. The Hall–Kier alpha value is -0.230. The van der Waals surface area contributed by atoms with E-state index in [9.17, 15) is 0 Å². The van der Waals surface area contributed by atoms with Crippen LogP contribution in [0.3, 0.4) is 0 Å². The average Bonchev–Trinajstić information content (AvgIpc) is 2.83. The Morgan fingerprint density at radius 3 is 2.89 bits per heavy atom. The second-order valence-corrected chi connectivity index (χ2v) is 6.34. The minimum absolute atomic E-state index is 0.0250. The van der Waals surface area contributed by atoms with Gasteiger partial charge in [0.25, 0.3) is 0 Å². The maximum absolute atomic E-state index is 6.00. The number of rotatable bonds is 5. The molecule has 0 amide bonds. The van der Waals surface area contributed by atoms with E-state index in [1.165, 1.54) is 0 Å². The molecule has 2 N–H and O–H groups in total. The summed E-state index contributed by atoms with van der Waals surface area (Å²) in [5.74, 6) is 0.272. The molecule has 3 unspecified atom stereocenters. The van der Waals surface area contributed by atoms with Crippen molar-refractivity contribution < 1.29 is 9.47 Å². The van der Waals surface area contributed by atoms with Crippen LogP contribution in [0.4, 0.5) is 0 Å². The monoisotopic (exact) mass is 286 g/mol. The first-order valence-corrected chi connectivity index (χ1v) is 7.72. The van der Waals surface area contributed by atoms with Crippen molar-refractivity contribution in [2.45, 2.75) is 44.8 Å². The molecular weight excluding hydrogens is 260 g/mol. The van der Waals surface area contributed by atoms with Crippen molar-refractivity contribution in [1.29, 1.82) is 0 Å². The van der Waals surface area contributed by atoms with Gasteiger partial charge in [0.1, 0.15) is 0 Å². The Morgan fingerprint density at radius 2 is 2.32 bits per heavy atom. The van der Waals surface area contributed by atoms with Crippen LogP contribution in [0, 0.1) is 5.92 Å². The van der Waals surface area contributed by atoms with E-state index in [-0.39, 0.29) is 11.5 Å². The van der Waals surface area contributed by atoms with E-state index in [1.54, 1.807) is 0 Å². The Morgan fingerprint density at radius 1 is 1.53 bits per heavy atom. The van der Waals surface area contributed by atoms with Gasteiger partial charge in [0, 0.05) is 38.1 Å². The molecule has 2 aliphatic heterocycles. The highest BCUT2D eigenvalue weighted by Crippen LogP contribution is 2.34. The molecule has 110 valence electrons. The van der Waals surface area contributed by atoms with Gasteiger partial charge in [-0.25, -0.2) is 0 Å². The highest BCUT2D eigenvalue weighted by molar-refractivity contribution is 7.80. The molecule has 0 radical (unpaired) electrons. The lowest BCUT2D eigenvalue weighted by molar-refractivity contribution is -0.106. The summed E-state index contributed by atoms with van der Waals surface area (Å²) in [5, 5.41) is 0. The van der Waals surface area contributed by atoms with Crippen LogP contribution >= 0.6 is 12.2 Å². The molecule has 2 saturated heterocycles. The van der Waals surface area contributed by atoms with Crippen LogP contribution in [0.15, 0.2) is 0 Å². The Bertz CT molecular complexity index is 319. The number of nitrogens with two attached hydrogens (primary N) is 1. The molecule has 0 aromatic heterocycles. The molecule has 2 heterocycles. The van der Waals surface area contributed by atoms with Gasteiger partial charge >= 0.3 is 0 Å². The van der Waals surface area contributed by atoms with Gasteiger partial charge in [-0.1, -0.05) is 26.1 Å². The lowest BCUT2D eigenvalue weighted by atomic mass is 9.88. The fourth-order valence-electron chi connectivity index (χ4n) is 3.15. The summed E-state index contributed by atoms with van der Waals surface area (Å²) >= 11 is 5.09. The average molecular weight is 286 g/mol. The first-order chi connectivity index (χ1) is 9.06. The highest BCUT2D eigenvalue weighted by Gasteiger charge is 2.42. The second kappa shape index (κ2) is 6.48. The molecule has 19 heavy (non-hydrogen) atoms. The van der Waals surface area contributed by atoms with Gasteiger partial charge in [-0.05, 0) is 19.4 Å². The molecule has 0 saturated carbocycles. The van der Waals surface area contributed by atoms with Crippen molar-refractivity contribution in [3.8, 4) is 0 Å². The summed E-state index contributed by atoms with van der Waals surface area (Å²) in [6.45, 7) is 8.74. The summed E-state index contributed by atoms with van der Waals surface area (Å²) in [5.41, 5.74) is 5.72. The van der Waals surface area contributed by atoms with Crippen LogP contribution in [0.25, 0.3) is 0 Å². The van der Waals surface area contributed by atoms with Gasteiger partial charge in [-0.2, -0.15) is 0 Å². The third-order valence-electron chi connectivity index (χ3n) is 4.45. The molecule has 3 atom stereocenters. The summed E-state index contributed by atoms with van der Waals surface area (Å²) in [6.07, 6.45) is 3.20. The van der Waals surface area contributed by atoms with Gasteiger partial charge in [-0.3, -0.25) is 4.90 Å². The minimum atomic E-state index is -0.0250. The Labute approximate surface area is 121 Å². The lowest BCUT2D eigenvalue weighted by Crippen LogP contribution is -2.50. The Balaban J connectivity index is 1.96. The fourth-order valence-corrected chi connectivity index (χ4v) is 3.23. The molecule has 5 heteroatoms. The van der Waals surface area contributed by atoms with Crippen LogP contribution in [0.1, 0.15) is 33.1 Å². The van der Waals surface area contributed by atoms with E-state index >= 15 is 0 Å². The van der Waals surface area contributed by atoms with Crippen LogP contribution < -0.4 is 5.73 Å². The molecule has 2 fully saturated rings. The molecule has 2 rings (SSSR count). The number of ether oxygens (including phenoxy) is 2. The Kier molecular flexibility index (Phi) is 5.17. The zero-order valence-corrected chi connectivity index (χ0v) is 12.9. The zero-order valence-electron chi connectivity index (χ0n) is 12.1. The van der Waals surface area contributed by atoms with Crippen LogP contribution in [-0.4, -0.2) is 54.4 Å². The summed E-state index contributed by atoms with van der Waals surface area (Å²) < 4.78 is 11.5. The molecule has 2 aliphatic rings. The predicted molar refractivity (Wildman–Crippen MR) is 80.3 cm³/mol. The van der Waals surface area contributed by atoms with Gasteiger partial charge in [0.15, 0.2) is 0 Å². The van der Waals surface area contributed by atoms with Crippen molar-refractivity contribution in [3.05, 3.63) is 0 Å². The maximum Gasteiger partial charge on any atom is 0.0951 e. The molecular formula is C14H26N2O2S. The molecule has 0 bridgehead atoms. The molecule has 0 aromatic rings. The zero-order chi connectivity index (χ0) is 13.9. The third-order valence-corrected chi connectivity index (χ3v) is 4.85. The molecule has 4 nitrogen and oxygen atoms in total. The van der Waals surface area contributed by atoms with E-state index in [1.807, 2.05) is 0 Å². The van der Waals surface area contributed by atoms with Gasteiger partial charge in [-0.15, -0.1) is 0 Å². The standard InChI is InChI=1S/C14H26N2O2S/c1-3-16(9-11(2)13(15)19)12-4-6-18-14(8-12)5-7-17-10-14/h11-12H,3-10H2,1-2H3,(H2,15,19). The van der Waals surface area contributed by atoms with Crippen LogP contribution in [-0.2, 0) is 9.47 Å². The van der Waals surface area contributed by atoms with E-state index < -0.39 is 0 Å². The lowest BCUT2D eigenvalue weighted by Gasteiger charge is -2.42. The summed E-state index contributed by atoms with van der Waals surface area (Å²) in [6, 6.07) is 0.567. The van der Waals surface area contributed by atoms with E-state index in [2.05, 4.69) is 18.7 Å². The normalized spacial score (nSPS) is 32.9. The molecule has 1 spiro atoms. The number of nitrogens with zero attached hydrogens (tertiary/aromatic N) is 1. The van der Waals surface area contributed by atoms with Crippen molar-refractivity contribution in [2.24, 2.45) is 11.7 Å². The highest BCUT2D eigenvalue weighted by atomic mass is 32.1. The molecule has 0 aliphatic carbocycles. The summed E-state index contributed by atoms with van der Waals surface area (Å²) in [7, 11) is 0. The van der Waals surface area contributed by atoms with Gasteiger partial charge < -0.3 is 15.2 Å². The third kappa shape index (κ3) is 3.66. The van der Waals surface area contributed by atoms with Gasteiger partial charge in [0.2, 0.25) is 0 Å². The largest absolute Gasteiger partial charge is 0.393 e. The van der Waals surface area contributed by atoms with Crippen LogP contribution in [0.2, 0.25) is 0 Å². The fraction of sp³-hybridized carbons (Fsp3) is 0.929. The maximum atomic E-state index is 6.00. The van der Waals surface area contributed by atoms with Crippen molar-refractivity contribution in [2.75, 3.05) is 32.9 Å². The number of hydrogen-bond donors (Lipinski definition) is 1. The SMILES string of the molecule is CCN(CC(C)C(N)=S)C1CCOC2(CCOC2)C1. The van der Waals surface area contributed by atoms with E-state index in [0.29, 0.717) is 11.0 Å². The van der Waals surface area contributed by atoms with E-state index in [4.69, 9.17) is 27.4 Å². The quantitative estimate of drug-likeness (QED) is 0.777. The van der Waals surface area contributed by atoms with Gasteiger partial charge in [0.05, 0.1) is 17.2 Å². The number of thiocarbonyl (C=S) groups is 1. The molecule has 0 aromatic carbocycles. The first kappa shape index (κ1) is 15.2. The number of hydrogen-bond acceptors (Lipinski definition) is 4. The predicted octanol–water partition coefficient (Wildman–Crippen LogP) is 1.57. The second-order valence-electron chi connectivity index (χ2n) is 5.87. The topological polar surface area (TPSA) is 47.7 Å². The van der Waals surface area contributed by atoms with E-state index in [0.717, 1.165) is 52.2 Å². The smallest absolute Gasteiger partial charge is 0.0951 e. The minimum Gasteiger partial charge on any atom is -0.393 e. The van der Waals surface area contributed by atoms with Crippen molar-refractivity contribution in [3.63, 3.8) is 0 Å². The first-order valence-electron chi connectivity index (χ1n) is 7.31.